The van der Waals surface area contributed by atoms with Gasteiger partial charge in [-0.2, -0.15) is 79.0 Å². The smallest absolute Gasteiger partial charge is 0.418 e. The number of benzene rings is 3. The molecule has 0 radical (unpaired) electrons. The minimum Gasteiger partial charge on any atom is -0.503 e. The van der Waals surface area contributed by atoms with Crippen LogP contribution >= 0.6 is 173 Å². The summed E-state index contributed by atoms with van der Waals surface area (Å²) in [7, 11) is 0. The van der Waals surface area contributed by atoms with E-state index in [1.54, 1.807) is 0 Å². The third-order valence-electron chi connectivity index (χ3n) is 13.2. The predicted molar refractivity (Wildman–Crippen MR) is 381 cm³/mol. The van der Waals surface area contributed by atoms with Gasteiger partial charge in [-0.3, -0.25) is 43.2 Å². The highest BCUT2D eigenvalue weighted by Crippen LogP contribution is 2.44. The zero-order valence-corrected chi connectivity index (χ0v) is 61.5. The summed E-state index contributed by atoms with van der Waals surface area (Å²) < 4.78 is 222. The molecule has 0 bridgehead atoms. The lowest BCUT2D eigenvalue weighted by atomic mass is 10.0. The number of aromatic hydroxyl groups is 3. The molecule has 0 aliphatic heterocycles. The second-order valence-electron chi connectivity index (χ2n) is 19.9. The standard InChI is InChI=1S/3C12H5F3O4.C6HF3S4.C5HF3S3.C5H4S3.C4HF3S2.C4H4S2/c13-12(14,15)6-3-1-5(2-4-6)7-8(16)10(18)11(19)9(7)17;13-12(14,15)6-3-1-2-5(4-6)7-8(16)10(18)11(19)9(7)17;13-12(14,15)6-4-2-1-3-5(6)7-8(16)10(18)11(19)9(7)17;7-6(8,9)1-2(10)4(12)5(13)3(1)11;6-5(7,8)1-2(9)4(11)3(1)10;1-2-3(6)5(8)4(2)7;5-4(6,7)1-2(8)3(1)9;1-2-3(5)4(2)6/h3*1-4,16H;10H;9H;6H,1H3;8H;5H,1H3. The van der Waals surface area contributed by atoms with E-state index >= 15 is 0 Å². The lowest BCUT2D eigenvalue weighted by molar-refractivity contribution is -0.141. The van der Waals surface area contributed by atoms with Gasteiger partial charge >= 0.3 is 37.1 Å². The van der Waals surface area contributed by atoms with E-state index in [1.807, 2.05) is 13.8 Å². The molecule has 0 saturated heterocycles. The van der Waals surface area contributed by atoms with E-state index < -0.39 is 163 Å². The summed E-state index contributed by atoms with van der Waals surface area (Å²) in [5, 5.41) is 28.1. The predicted octanol–water partition coefficient (Wildman–Crippen LogP) is 17.6. The van der Waals surface area contributed by atoms with Crippen LogP contribution in [-0.4, -0.2) is 15.3 Å². The van der Waals surface area contributed by atoms with Gasteiger partial charge in [0.2, 0.25) is 16.3 Å². The molecular weight excluding hydrogens is 1700 g/mol. The molecule has 0 aromatic heterocycles. The molecule has 0 aliphatic carbocycles. The van der Waals surface area contributed by atoms with Crippen LogP contribution in [0.2, 0.25) is 0 Å². The molecule has 0 fully saturated rings. The molecule has 11 rings (SSSR count). The average Bonchev–Trinajstić information content (AvgIpc) is 1.16. The first-order valence-corrected chi connectivity index (χ1v) is 32.0. The molecule has 0 amide bonds. The van der Waals surface area contributed by atoms with Gasteiger partial charge in [-0.15, -0.1) is 63.1 Å². The van der Waals surface area contributed by atoms with Gasteiger partial charge in [-0.05, 0) is 66.4 Å². The fraction of sp³-hybridized carbons (Fsp3) is 0.133. The fourth-order valence-electron chi connectivity index (χ4n) is 7.66. The molecule has 3 N–H and O–H groups in total. The Hall–Kier alpha value is -6.69. The highest BCUT2D eigenvalue weighted by Gasteiger charge is 2.42. The molecular formula is C60H26F18O12S14. The Bertz CT molecular complexity index is 5930. The zero-order chi connectivity index (χ0) is 80.6. The minimum absolute atomic E-state index is 0.0376. The third-order valence-corrected chi connectivity index (χ3v) is 20.8. The van der Waals surface area contributed by atoms with E-state index in [0.717, 1.165) is 71.3 Å². The van der Waals surface area contributed by atoms with Crippen molar-refractivity contribution in [1.82, 2.24) is 0 Å². The van der Waals surface area contributed by atoms with E-state index in [2.05, 4.69) is 136 Å². The van der Waals surface area contributed by atoms with Crippen LogP contribution in [0.15, 0.2) is 140 Å². The van der Waals surface area contributed by atoms with E-state index in [1.165, 1.54) is 11.6 Å². The van der Waals surface area contributed by atoms with Crippen molar-refractivity contribution in [2.45, 2.75) is 75.4 Å². The number of halogens is 18. The highest BCUT2D eigenvalue weighted by atomic mass is 32.1. The highest BCUT2D eigenvalue weighted by molar-refractivity contribution is 7.83. The van der Waals surface area contributed by atoms with Gasteiger partial charge in [-0.25, -0.2) is 0 Å². The Labute approximate surface area is 638 Å². The molecule has 0 atom stereocenters. The molecule has 44 heteroatoms. The van der Waals surface area contributed by atoms with E-state index in [9.17, 15) is 137 Å². The summed E-state index contributed by atoms with van der Waals surface area (Å²) in [4.78, 5) is 102. The molecule has 548 valence electrons. The number of rotatable bonds is 3. The van der Waals surface area contributed by atoms with Crippen LogP contribution in [0, 0.1) is 54.4 Å². The zero-order valence-electron chi connectivity index (χ0n) is 49.7. The van der Waals surface area contributed by atoms with Crippen LogP contribution in [0.3, 0.4) is 0 Å². The summed E-state index contributed by atoms with van der Waals surface area (Å²) in [5.74, 6) is -3.39. The van der Waals surface area contributed by atoms with Crippen molar-refractivity contribution in [2.24, 2.45) is 0 Å². The molecule has 0 saturated carbocycles. The Morgan fingerprint density at radius 2 is 0.596 bits per heavy atom. The normalized spacial score (nSPS) is 11.7. The van der Waals surface area contributed by atoms with Crippen molar-refractivity contribution in [3.8, 4) is 50.6 Å². The minimum atomic E-state index is -4.78. The molecule has 104 heavy (non-hydrogen) atoms. The van der Waals surface area contributed by atoms with E-state index in [0.29, 0.717) is 24.3 Å². The molecule has 0 heterocycles. The van der Waals surface area contributed by atoms with Crippen LogP contribution in [-0.2, 0) is 37.1 Å². The van der Waals surface area contributed by atoms with E-state index in [4.69, 9.17) is 36.7 Å². The average molecular weight is 1730 g/mol. The summed E-state index contributed by atoms with van der Waals surface area (Å²) in [6.07, 6.45) is -27.2. The number of hydrogen-bond donors (Lipinski definition) is 8. The van der Waals surface area contributed by atoms with Crippen molar-refractivity contribution in [3.05, 3.63) is 250 Å². The van der Waals surface area contributed by atoms with Crippen LogP contribution in [0.5, 0.6) is 17.2 Å². The summed E-state index contributed by atoms with van der Waals surface area (Å²) >= 11 is 60.1. The molecule has 0 unspecified atom stereocenters. The molecule has 0 spiro atoms. The van der Waals surface area contributed by atoms with Gasteiger partial charge in [0, 0.05) is 30.0 Å². The maximum atomic E-state index is 12.8. The number of hydrogen-bond acceptors (Lipinski definition) is 26. The molecule has 11 aromatic rings. The van der Waals surface area contributed by atoms with Gasteiger partial charge in [0.15, 0.2) is 17.2 Å². The Morgan fingerprint density at radius 1 is 0.288 bits per heavy atom. The third kappa shape index (κ3) is 20.3. The Kier molecular flexibility index (Phi) is 29.0. The lowest BCUT2D eigenvalue weighted by Crippen LogP contribution is -2.29. The van der Waals surface area contributed by atoms with Crippen LogP contribution in [0.25, 0.3) is 33.4 Å². The van der Waals surface area contributed by atoms with Crippen LogP contribution in [0.1, 0.15) is 44.5 Å². The number of alkyl halides is 18. The lowest BCUT2D eigenvalue weighted by Gasteiger charge is -2.12. The summed E-state index contributed by atoms with van der Waals surface area (Å²) in [5.41, 5.74) is -19.4. The quantitative estimate of drug-likeness (QED) is 0.0357. The summed E-state index contributed by atoms with van der Waals surface area (Å²) in [6.45, 7) is 3.91. The monoisotopic (exact) mass is 1730 g/mol. The van der Waals surface area contributed by atoms with Crippen molar-refractivity contribution in [3.63, 3.8) is 0 Å². The molecule has 0 aliphatic rings. The molecule has 11 aromatic carbocycles. The maximum Gasteiger partial charge on any atom is 0.418 e. The van der Waals surface area contributed by atoms with Crippen molar-refractivity contribution >= 4 is 173 Å². The Balaban J connectivity index is 0.000000258. The first kappa shape index (κ1) is 89.7. The second-order valence-corrected chi connectivity index (χ2v) is 25.8. The van der Waals surface area contributed by atoms with Crippen molar-refractivity contribution < 1.29 is 94.3 Å². The number of thiol groups is 5. The molecule has 12 nitrogen and oxygen atoms in total. The van der Waals surface area contributed by atoms with Crippen LogP contribution < -0.4 is 48.9 Å². The van der Waals surface area contributed by atoms with Crippen molar-refractivity contribution in [1.29, 1.82) is 0 Å². The van der Waals surface area contributed by atoms with Gasteiger partial charge in [0.1, 0.15) is 0 Å². The van der Waals surface area contributed by atoms with Gasteiger partial charge in [0.05, 0.1) is 90.7 Å². The second kappa shape index (κ2) is 33.6. The van der Waals surface area contributed by atoms with E-state index in [-0.39, 0.29) is 48.4 Å². The largest absolute Gasteiger partial charge is 0.503 e. The van der Waals surface area contributed by atoms with Gasteiger partial charge < -0.3 is 15.3 Å². The first-order valence-electron chi connectivity index (χ1n) is 26.1. The first-order chi connectivity index (χ1) is 47.1. The SMILES string of the molecule is Cc1c(S)c(=S)c1=S.Cc1c(S)c1=S.FC(F)(F)c1c(S)c(=S)c(=S)c1=S.FC(F)(F)c1c(S)c(=S)c1=S.FC(F)(F)c1c(S)c1=S.O=c1c(O)c(-c2ccc(C(F)(F)F)cc2)c(=O)c1=O.O=c1c(O)c(-c2cccc(C(F)(F)F)c2)c(=O)c1=O.O=c1c(O)c(-c2ccccc2C(F)(F)F)c(=O)c1=O. The van der Waals surface area contributed by atoms with Crippen molar-refractivity contribution in [2.75, 3.05) is 0 Å². The van der Waals surface area contributed by atoms with Gasteiger partial charge in [0.25, 0.3) is 32.6 Å². The van der Waals surface area contributed by atoms with Gasteiger partial charge in [-0.1, -0.05) is 152 Å². The maximum absolute atomic E-state index is 12.8. The summed E-state index contributed by atoms with van der Waals surface area (Å²) in [6, 6.07) is 10.6. The topological polar surface area (TPSA) is 214 Å². The van der Waals surface area contributed by atoms with Crippen LogP contribution in [0.4, 0.5) is 79.0 Å². The fourth-order valence-corrected chi connectivity index (χ4v) is 12.0. The Morgan fingerprint density at radius 3 is 0.856 bits per heavy atom.